The van der Waals surface area contributed by atoms with Gasteiger partial charge in [-0.1, -0.05) is 12.1 Å². The molecule has 0 saturated carbocycles. The second kappa shape index (κ2) is 10.7. The zero-order valence-corrected chi connectivity index (χ0v) is 15.0. The number of halogens is 3. The number of carbonyl (C=O) groups excluding carboxylic acids is 1. The van der Waals surface area contributed by atoms with Gasteiger partial charge in [0.1, 0.15) is 12.4 Å². The van der Waals surface area contributed by atoms with Crippen molar-refractivity contribution in [1.82, 2.24) is 0 Å². The van der Waals surface area contributed by atoms with Crippen molar-refractivity contribution >= 4 is 24.0 Å². The Morgan fingerprint density at radius 3 is 2.62 bits per heavy atom. The van der Waals surface area contributed by atoms with Crippen molar-refractivity contribution < 1.29 is 23.0 Å². The number of rotatable bonds is 8. The Balaban J connectivity index is 0.00000338. The van der Waals surface area contributed by atoms with Crippen LogP contribution >= 0.6 is 12.4 Å². The summed E-state index contributed by atoms with van der Waals surface area (Å²) in [4.78, 5) is 11.8. The minimum absolute atomic E-state index is 0. The highest BCUT2D eigenvalue weighted by Crippen LogP contribution is 2.22. The molecule has 0 fully saturated rings. The zero-order valence-electron chi connectivity index (χ0n) is 14.2. The molecule has 8 heteroatoms. The minimum atomic E-state index is -0.628. The quantitative estimate of drug-likeness (QED) is 0.730. The molecule has 2 aromatic rings. The summed E-state index contributed by atoms with van der Waals surface area (Å²) in [6.07, 6.45) is -0.314. The van der Waals surface area contributed by atoms with E-state index in [1.165, 1.54) is 31.4 Å². The molecule has 0 heterocycles. The molecule has 142 valence electrons. The highest BCUT2D eigenvalue weighted by atomic mass is 35.5. The van der Waals surface area contributed by atoms with Crippen LogP contribution in [0.3, 0.4) is 0 Å². The topological polar surface area (TPSA) is 73.6 Å². The van der Waals surface area contributed by atoms with E-state index in [1.54, 1.807) is 12.1 Å². The van der Waals surface area contributed by atoms with Crippen molar-refractivity contribution in [1.29, 1.82) is 0 Å². The lowest BCUT2D eigenvalue weighted by Crippen LogP contribution is -2.28. The van der Waals surface area contributed by atoms with Gasteiger partial charge >= 0.3 is 0 Å². The molecular weight excluding hydrogens is 366 g/mol. The van der Waals surface area contributed by atoms with Gasteiger partial charge in [-0.3, -0.25) is 4.79 Å². The monoisotopic (exact) mass is 386 g/mol. The van der Waals surface area contributed by atoms with Crippen molar-refractivity contribution in [2.45, 2.75) is 19.1 Å². The lowest BCUT2D eigenvalue weighted by atomic mass is 10.2. The molecule has 0 radical (unpaired) electrons. The summed E-state index contributed by atoms with van der Waals surface area (Å²) in [5.74, 6) is -1.33. The first-order chi connectivity index (χ1) is 12.0. The fourth-order valence-corrected chi connectivity index (χ4v) is 2.17. The van der Waals surface area contributed by atoms with Crippen molar-refractivity contribution in [3.05, 3.63) is 59.7 Å². The van der Waals surface area contributed by atoms with E-state index in [2.05, 4.69) is 5.32 Å². The smallest absolute Gasteiger partial charge is 0.227 e. The van der Waals surface area contributed by atoms with Gasteiger partial charge in [0.05, 0.1) is 12.5 Å². The Kier molecular flexibility index (Phi) is 8.98. The molecule has 0 saturated heterocycles. The number of benzene rings is 2. The van der Waals surface area contributed by atoms with Gasteiger partial charge in [-0.15, -0.1) is 12.4 Å². The summed E-state index contributed by atoms with van der Waals surface area (Å²) in [5, 5.41) is 2.57. The van der Waals surface area contributed by atoms with Crippen LogP contribution in [0.5, 0.6) is 5.75 Å². The van der Waals surface area contributed by atoms with Crippen molar-refractivity contribution in [3.8, 4) is 5.75 Å². The molecule has 26 heavy (non-hydrogen) atoms. The molecule has 1 unspecified atom stereocenters. The third-order valence-electron chi connectivity index (χ3n) is 3.51. The number of carbonyl (C=O) groups is 1. The van der Waals surface area contributed by atoms with E-state index in [1.807, 2.05) is 0 Å². The minimum Gasteiger partial charge on any atom is -0.486 e. The number of ether oxygens (including phenoxy) is 2. The molecule has 5 nitrogen and oxygen atoms in total. The lowest BCUT2D eigenvalue weighted by Gasteiger charge is -2.13. The fraction of sp³-hybridized carbons (Fsp3) is 0.278. The summed E-state index contributed by atoms with van der Waals surface area (Å²) < 4.78 is 37.6. The average molecular weight is 387 g/mol. The Labute approximate surface area is 156 Å². The van der Waals surface area contributed by atoms with Crippen LogP contribution in [-0.4, -0.2) is 25.7 Å². The van der Waals surface area contributed by atoms with E-state index in [-0.39, 0.29) is 49.5 Å². The van der Waals surface area contributed by atoms with Crippen molar-refractivity contribution in [2.75, 3.05) is 19.0 Å². The van der Waals surface area contributed by atoms with Crippen molar-refractivity contribution in [3.63, 3.8) is 0 Å². The maximum absolute atomic E-state index is 14.1. The van der Waals surface area contributed by atoms with Gasteiger partial charge in [0.15, 0.2) is 11.6 Å². The van der Waals surface area contributed by atoms with Crippen LogP contribution in [-0.2, 0) is 16.1 Å². The fourth-order valence-electron chi connectivity index (χ4n) is 2.17. The Bertz CT molecular complexity index is 727. The SMILES string of the molecule is COC(CN)CC(=O)Nc1ccc(OCc2cccc(F)c2)c(F)c1.Cl. The molecule has 0 aliphatic rings. The van der Waals surface area contributed by atoms with Gasteiger partial charge in [0, 0.05) is 25.4 Å². The molecule has 0 spiro atoms. The van der Waals surface area contributed by atoms with Gasteiger partial charge < -0.3 is 20.5 Å². The number of hydrogen-bond acceptors (Lipinski definition) is 4. The van der Waals surface area contributed by atoms with Crippen LogP contribution in [0.2, 0.25) is 0 Å². The number of amides is 1. The van der Waals surface area contributed by atoms with E-state index in [0.29, 0.717) is 11.3 Å². The van der Waals surface area contributed by atoms with E-state index in [9.17, 15) is 13.6 Å². The van der Waals surface area contributed by atoms with Crippen LogP contribution in [0, 0.1) is 11.6 Å². The maximum Gasteiger partial charge on any atom is 0.227 e. The summed E-state index contributed by atoms with van der Waals surface area (Å²) in [6, 6.07) is 9.95. The third-order valence-corrected chi connectivity index (χ3v) is 3.51. The van der Waals surface area contributed by atoms with Gasteiger partial charge in [-0.2, -0.15) is 0 Å². The van der Waals surface area contributed by atoms with E-state index < -0.39 is 11.9 Å². The molecule has 2 aromatic carbocycles. The average Bonchev–Trinajstić information content (AvgIpc) is 2.59. The predicted octanol–water partition coefficient (Wildman–Crippen LogP) is 3.27. The van der Waals surface area contributed by atoms with Crippen LogP contribution < -0.4 is 15.8 Å². The van der Waals surface area contributed by atoms with E-state index in [4.69, 9.17) is 15.2 Å². The largest absolute Gasteiger partial charge is 0.486 e. The summed E-state index contributed by atoms with van der Waals surface area (Å²) in [6.45, 7) is 0.248. The predicted molar refractivity (Wildman–Crippen MR) is 97.5 cm³/mol. The highest BCUT2D eigenvalue weighted by molar-refractivity contribution is 5.91. The molecule has 0 bridgehead atoms. The van der Waals surface area contributed by atoms with Crippen molar-refractivity contribution in [2.24, 2.45) is 5.73 Å². The third kappa shape index (κ3) is 6.59. The van der Waals surface area contributed by atoms with Crippen LogP contribution in [0.1, 0.15) is 12.0 Å². The first-order valence-corrected chi connectivity index (χ1v) is 7.71. The number of nitrogens with two attached hydrogens (primary N) is 1. The molecule has 1 atom stereocenters. The van der Waals surface area contributed by atoms with Crippen LogP contribution in [0.4, 0.5) is 14.5 Å². The zero-order chi connectivity index (χ0) is 18.2. The number of methoxy groups -OCH3 is 1. The number of anilines is 1. The molecule has 0 aliphatic carbocycles. The standard InChI is InChI=1S/C18H20F2N2O3.ClH/c1-24-15(10-21)9-18(23)22-14-5-6-17(16(20)8-14)25-11-12-3-2-4-13(19)7-12;/h2-8,15H,9-11,21H2,1H3,(H,22,23);1H. The second-order valence-corrected chi connectivity index (χ2v) is 5.41. The summed E-state index contributed by atoms with van der Waals surface area (Å²) in [7, 11) is 1.47. The van der Waals surface area contributed by atoms with Crippen LogP contribution in [0.15, 0.2) is 42.5 Å². The number of hydrogen-bond donors (Lipinski definition) is 2. The van der Waals surface area contributed by atoms with Gasteiger partial charge in [0.25, 0.3) is 0 Å². The summed E-state index contributed by atoms with van der Waals surface area (Å²) >= 11 is 0. The molecule has 3 N–H and O–H groups in total. The van der Waals surface area contributed by atoms with Gasteiger partial charge in [-0.25, -0.2) is 8.78 Å². The Morgan fingerprint density at radius 2 is 2.00 bits per heavy atom. The van der Waals surface area contributed by atoms with Gasteiger partial charge in [0.2, 0.25) is 5.91 Å². The lowest BCUT2D eigenvalue weighted by molar-refractivity contribution is -0.118. The Hall–Kier alpha value is -2.22. The first kappa shape index (κ1) is 21.8. The molecule has 0 aromatic heterocycles. The molecule has 1 amide bonds. The maximum atomic E-state index is 14.1. The first-order valence-electron chi connectivity index (χ1n) is 7.71. The highest BCUT2D eigenvalue weighted by Gasteiger charge is 2.13. The van der Waals surface area contributed by atoms with Crippen LogP contribution in [0.25, 0.3) is 0 Å². The van der Waals surface area contributed by atoms with E-state index >= 15 is 0 Å². The molecule has 2 rings (SSSR count). The second-order valence-electron chi connectivity index (χ2n) is 5.41. The van der Waals surface area contributed by atoms with Gasteiger partial charge in [-0.05, 0) is 29.8 Å². The molecular formula is C18H21ClF2N2O3. The molecule has 0 aliphatic heterocycles. The van der Waals surface area contributed by atoms with E-state index in [0.717, 1.165) is 6.07 Å². The normalized spacial score (nSPS) is 11.4. The number of nitrogens with one attached hydrogen (secondary N) is 1. The Morgan fingerprint density at radius 1 is 1.23 bits per heavy atom. The summed E-state index contributed by atoms with van der Waals surface area (Å²) in [5.41, 5.74) is 6.34.